The molecule has 0 saturated heterocycles. The van der Waals surface area contributed by atoms with Crippen molar-refractivity contribution in [3.8, 4) is 0 Å². The van der Waals surface area contributed by atoms with E-state index in [4.69, 9.17) is 5.73 Å². The van der Waals surface area contributed by atoms with Gasteiger partial charge in [-0.1, -0.05) is 38.1 Å². The lowest BCUT2D eigenvalue weighted by molar-refractivity contribution is 0.370. The van der Waals surface area contributed by atoms with Gasteiger partial charge in [-0.3, -0.25) is 0 Å². The number of aryl methyl sites for hydroxylation is 1. The quantitative estimate of drug-likeness (QED) is 0.772. The van der Waals surface area contributed by atoms with Gasteiger partial charge in [0.15, 0.2) is 0 Å². The van der Waals surface area contributed by atoms with Gasteiger partial charge in [0.25, 0.3) is 0 Å². The number of hydrogen-bond donors (Lipinski definition) is 2. The largest absolute Gasteiger partial charge is 0.330 e. The summed E-state index contributed by atoms with van der Waals surface area (Å²) >= 11 is 0. The van der Waals surface area contributed by atoms with Crippen molar-refractivity contribution in [2.75, 3.05) is 13.1 Å². The highest BCUT2D eigenvalue weighted by Crippen LogP contribution is 2.09. The first-order valence-electron chi connectivity index (χ1n) is 6.10. The van der Waals surface area contributed by atoms with E-state index in [9.17, 15) is 0 Å². The van der Waals surface area contributed by atoms with Gasteiger partial charge in [-0.2, -0.15) is 0 Å². The molecule has 0 aliphatic carbocycles. The van der Waals surface area contributed by atoms with Crippen LogP contribution in [0, 0.1) is 18.8 Å². The molecule has 1 aromatic rings. The Morgan fingerprint density at radius 1 is 1.25 bits per heavy atom. The fraction of sp³-hybridized carbons (Fsp3) is 0.571. The predicted molar refractivity (Wildman–Crippen MR) is 70.3 cm³/mol. The van der Waals surface area contributed by atoms with Gasteiger partial charge < -0.3 is 11.1 Å². The molecule has 0 spiro atoms. The number of rotatable bonds is 6. The third kappa shape index (κ3) is 3.95. The molecule has 2 nitrogen and oxygen atoms in total. The molecule has 0 aliphatic heterocycles. The van der Waals surface area contributed by atoms with Crippen LogP contribution in [0.15, 0.2) is 24.3 Å². The second-order valence-electron chi connectivity index (χ2n) is 4.80. The summed E-state index contributed by atoms with van der Waals surface area (Å²) in [5.41, 5.74) is 8.47. The minimum absolute atomic E-state index is 0.573. The molecule has 1 aromatic carbocycles. The molecule has 0 bridgehead atoms. The van der Waals surface area contributed by atoms with Crippen LogP contribution in [0.1, 0.15) is 25.0 Å². The number of hydrogen-bond acceptors (Lipinski definition) is 2. The van der Waals surface area contributed by atoms with Crippen LogP contribution >= 0.6 is 0 Å². The maximum atomic E-state index is 5.74. The Morgan fingerprint density at radius 2 is 1.94 bits per heavy atom. The first-order chi connectivity index (χ1) is 7.65. The molecule has 0 aromatic heterocycles. The van der Waals surface area contributed by atoms with Crippen LogP contribution in [0.4, 0.5) is 0 Å². The smallest absolute Gasteiger partial charge is 0.0208 e. The third-order valence-corrected chi connectivity index (χ3v) is 3.23. The second kappa shape index (κ2) is 6.66. The van der Waals surface area contributed by atoms with Crippen molar-refractivity contribution < 1.29 is 0 Å². The first kappa shape index (κ1) is 13.2. The van der Waals surface area contributed by atoms with Gasteiger partial charge in [0.2, 0.25) is 0 Å². The molecule has 0 saturated carbocycles. The number of benzene rings is 1. The fourth-order valence-corrected chi connectivity index (χ4v) is 1.79. The average molecular weight is 220 g/mol. The zero-order valence-corrected chi connectivity index (χ0v) is 10.7. The maximum Gasteiger partial charge on any atom is 0.0208 e. The topological polar surface area (TPSA) is 38.0 Å². The lowest BCUT2D eigenvalue weighted by atomic mass is 9.96. The second-order valence-corrected chi connectivity index (χ2v) is 4.80. The summed E-state index contributed by atoms with van der Waals surface area (Å²) in [6, 6.07) is 8.50. The Bertz CT molecular complexity index is 307. The van der Waals surface area contributed by atoms with E-state index in [0.29, 0.717) is 11.8 Å². The molecule has 0 radical (unpaired) electrons. The van der Waals surface area contributed by atoms with Crippen LogP contribution in [0.3, 0.4) is 0 Å². The molecule has 0 heterocycles. The molecule has 16 heavy (non-hydrogen) atoms. The van der Waals surface area contributed by atoms with Gasteiger partial charge in [-0.05, 0) is 43.0 Å². The Labute approximate surface area is 99.2 Å². The average Bonchev–Trinajstić information content (AvgIpc) is 2.26. The first-order valence-corrected chi connectivity index (χ1v) is 6.10. The van der Waals surface area contributed by atoms with Crippen molar-refractivity contribution in [1.82, 2.24) is 5.32 Å². The molecule has 1 unspecified atom stereocenters. The van der Waals surface area contributed by atoms with Gasteiger partial charge in [0, 0.05) is 6.54 Å². The van der Waals surface area contributed by atoms with E-state index >= 15 is 0 Å². The summed E-state index contributed by atoms with van der Waals surface area (Å²) in [6.07, 6.45) is 0. The zero-order chi connectivity index (χ0) is 12.0. The van der Waals surface area contributed by atoms with Crippen LogP contribution in [-0.4, -0.2) is 13.1 Å². The lowest BCUT2D eigenvalue weighted by Crippen LogP contribution is -2.31. The molecule has 0 fully saturated rings. The summed E-state index contributed by atoms with van der Waals surface area (Å²) < 4.78 is 0. The zero-order valence-electron chi connectivity index (χ0n) is 10.7. The van der Waals surface area contributed by atoms with Crippen LogP contribution < -0.4 is 11.1 Å². The molecule has 1 atom stereocenters. The maximum absolute atomic E-state index is 5.74. The van der Waals surface area contributed by atoms with Crippen molar-refractivity contribution in [2.24, 2.45) is 17.6 Å². The monoisotopic (exact) mass is 220 g/mol. The fourth-order valence-electron chi connectivity index (χ4n) is 1.79. The molecular weight excluding hydrogens is 196 g/mol. The van der Waals surface area contributed by atoms with Gasteiger partial charge in [-0.25, -0.2) is 0 Å². The molecule has 0 aliphatic rings. The summed E-state index contributed by atoms with van der Waals surface area (Å²) in [4.78, 5) is 0. The predicted octanol–water partition coefficient (Wildman–Crippen LogP) is 2.32. The molecule has 90 valence electrons. The van der Waals surface area contributed by atoms with E-state index in [1.807, 2.05) is 0 Å². The Kier molecular flexibility index (Phi) is 5.50. The van der Waals surface area contributed by atoms with E-state index in [1.165, 1.54) is 11.1 Å². The normalized spacial score (nSPS) is 13.1. The minimum Gasteiger partial charge on any atom is -0.330 e. The van der Waals surface area contributed by atoms with Gasteiger partial charge in [-0.15, -0.1) is 0 Å². The van der Waals surface area contributed by atoms with Crippen molar-refractivity contribution in [3.63, 3.8) is 0 Å². The van der Waals surface area contributed by atoms with E-state index < -0.39 is 0 Å². The number of nitrogens with one attached hydrogen (secondary N) is 1. The van der Waals surface area contributed by atoms with Crippen molar-refractivity contribution in [1.29, 1.82) is 0 Å². The highest BCUT2D eigenvalue weighted by Gasteiger charge is 2.10. The van der Waals surface area contributed by atoms with E-state index in [2.05, 4.69) is 50.4 Å². The Morgan fingerprint density at radius 3 is 2.50 bits per heavy atom. The van der Waals surface area contributed by atoms with E-state index in [-0.39, 0.29) is 0 Å². The van der Waals surface area contributed by atoms with Crippen LogP contribution in [-0.2, 0) is 6.54 Å². The third-order valence-electron chi connectivity index (χ3n) is 3.23. The van der Waals surface area contributed by atoms with E-state index in [1.54, 1.807) is 0 Å². The minimum atomic E-state index is 0.573. The number of nitrogens with two attached hydrogens (primary N) is 1. The van der Waals surface area contributed by atoms with Gasteiger partial charge >= 0.3 is 0 Å². The molecule has 0 amide bonds. The van der Waals surface area contributed by atoms with Gasteiger partial charge in [0.05, 0.1) is 0 Å². The van der Waals surface area contributed by atoms with Crippen molar-refractivity contribution >= 4 is 0 Å². The summed E-state index contributed by atoms with van der Waals surface area (Å²) in [5, 5.41) is 3.49. The molecule has 2 heteroatoms. The molecule has 1 rings (SSSR count). The summed E-state index contributed by atoms with van der Waals surface area (Å²) in [5.74, 6) is 1.22. The van der Waals surface area contributed by atoms with Gasteiger partial charge in [0.1, 0.15) is 0 Å². The Balaban J connectivity index is 2.38. The molecule has 3 N–H and O–H groups in total. The van der Waals surface area contributed by atoms with Crippen molar-refractivity contribution in [2.45, 2.75) is 27.3 Å². The standard InChI is InChI=1S/C14H24N2/c1-11(2)14(8-15)10-16-9-13-7-5-4-6-12(13)3/h4-7,11,14,16H,8-10,15H2,1-3H3. The summed E-state index contributed by atoms with van der Waals surface area (Å²) in [7, 11) is 0. The van der Waals surface area contributed by atoms with Crippen LogP contribution in [0.5, 0.6) is 0 Å². The van der Waals surface area contributed by atoms with Crippen molar-refractivity contribution in [3.05, 3.63) is 35.4 Å². The van der Waals surface area contributed by atoms with E-state index in [0.717, 1.165) is 19.6 Å². The lowest BCUT2D eigenvalue weighted by Gasteiger charge is -2.19. The highest BCUT2D eigenvalue weighted by atomic mass is 14.9. The molecular formula is C14H24N2. The summed E-state index contributed by atoms with van der Waals surface area (Å²) in [6.45, 7) is 9.32. The van der Waals surface area contributed by atoms with Crippen LogP contribution in [0.2, 0.25) is 0 Å². The highest BCUT2D eigenvalue weighted by molar-refractivity contribution is 5.25. The SMILES string of the molecule is Cc1ccccc1CNCC(CN)C(C)C. The Hall–Kier alpha value is -0.860. The van der Waals surface area contributed by atoms with Crippen LogP contribution in [0.25, 0.3) is 0 Å².